The fraction of sp³-hybridized carbons (Fsp3) is 0.0526. The van der Waals surface area contributed by atoms with Crippen molar-refractivity contribution >= 4 is 28.5 Å². The number of pyridine rings is 1. The minimum atomic E-state index is 0.206. The molecule has 0 saturated carbocycles. The molecule has 0 aliphatic rings. The number of fused-ring (bicyclic) bond motifs is 1. The first-order chi connectivity index (χ1) is 12.2. The lowest BCUT2D eigenvalue weighted by Gasteiger charge is -2.09. The number of hydrogen-bond acceptors (Lipinski definition) is 5. The molecule has 4 aromatic rings. The van der Waals surface area contributed by atoms with Crippen LogP contribution < -0.4 is 10.6 Å². The van der Waals surface area contributed by atoms with Crippen LogP contribution in [0.25, 0.3) is 16.7 Å². The molecule has 4 rings (SSSR count). The SMILES string of the molecule is CNc1nc2cnc(Nc3cccc(O)c3)cc2n1-c1ccccc1. The van der Waals surface area contributed by atoms with E-state index >= 15 is 0 Å². The number of phenolic OH excluding ortho intramolecular Hbond substituents is 1. The molecule has 0 aliphatic heterocycles. The lowest BCUT2D eigenvalue weighted by Crippen LogP contribution is -2.01. The van der Waals surface area contributed by atoms with Gasteiger partial charge in [-0.3, -0.25) is 4.57 Å². The lowest BCUT2D eigenvalue weighted by molar-refractivity contribution is 0.475. The summed E-state index contributed by atoms with van der Waals surface area (Å²) < 4.78 is 2.05. The number of aromatic hydroxyl groups is 1. The molecule has 0 atom stereocenters. The average Bonchev–Trinajstić information content (AvgIpc) is 3.00. The Morgan fingerprint density at radius 2 is 1.84 bits per heavy atom. The van der Waals surface area contributed by atoms with Gasteiger partial charge in [0.2, 0.25) is 5.95 Å². The third-order valence-corrected chi connectivity index (χ3v) is 3.90. The Labute approximate surface area is 144 Å². The first-order valence-corrected chi connectivity index (χ1v) is 7.92. The van der Waals surface area contributed by atoms with Crippen LogP contribution in [0.4, 0.5) is 17.5 Å². The van der Waals surface area contributed by atoms with E-state index in [1.807, 2.05) is 54.1 Å². The summed E-state index contributed by atoms with van der Waals surface area (Å²) in [6.07, 6.45) is 1.74. The Bertz CT molecular complexity index is 1030. The second-order valence-corrected chi connectivity index (χ2v) is 5.59. The average molecular weight is 331 g/mol. The first-order valence-electron chi connectivity index (χ1n) is 7.92. The van der Waals surface area contributed by atoms with Gasteiger partial charge in [0.15, 0.2) is 0 Å². The zero-order valence-corrected chi connectivity index (χ0v) is 13.6. The van der Waals surface area contributed by atoms with Gasteiger partial charge in [-0.25, -0.2) is 9.97 Å². The Morgan fingerprint density at radius 3 is 2.60 bits per heavy atom. The van der Waals surface area contributed by atoms with Gasteiger partial charge in [0, 0.05) is 30.6 Å². The number of benzene rings is 2. The van der Waals surface area contributed by atoms with Crippen molar-refractivity contribution in [3.8, 4) is 11.4 Å². The zero-order valence-electron chi connectivity index (χ0n) is 13.6. The molecule has 0 unspecified atom stereocenters. The van der Waals surface area contributed by atoms with Crippen molar-refractivity contribution < 1.29 is 5.11 Å². The fourth-order valence-electron chi connectivity index (χ4n) is 2.79. The highest BCUT2D eigenvalue weighted by molar-refractivity contribution is 5.83. The molecule has 0 aliphatic carbocycles. The standard InChI is InChI=1S/C19H17N5O/c1-20-19-23-16-12-21-18(22-13-6-5-9-15(25)10-13)11-17(16)24(19)14-7-3-2-4-8-14/h2-12,25H,1H3,(H,20,23)(H,21,22). The van der Waals surface area contributed by atoms with Gasteiger partial charge in [-0.05, 0) is 24.3 Å². The molecule has 2 heterocycles. The maximum atomic E-state index is 9.61. The van der Waals surface area contributed by atoms with Crippen molar-refractivity contribution in [1.29, 1.82) is 0 Å². The summed E-state index contributed by atoms with van der Waals surface area (Å²) >= 11 is 0. The fourth-order valence-corrected chi connectivity index (χ4v) is 2.79. The van der Waals surface area contributed by atoms with E-state index in [1.165, 1.54) is 0 Å². The molecule has 0 fully saturated rings. The van der Waals surface area contributed by atoms with Crippen LogP contribution in [0.3, 0.4) is 0 Å². The second-order valence-electron chi connectivity index (χ2n) is 5.59. The lowest BCUT2D eigenvalue weighted by atomic mass is 10.3. The van der Waals surface area contributed by atoms with Crippen LogP contribution >= 0.6 is 0 Å². The third kappa shape index (κ3) is 2.85. The Balaban J connectivity index is 1.82. The van der Waals surface area contributed by atoms with E-state index in [4.69, 9.17) is 0 Å². The van der Waals surface area contributed by atoms with Crippen LogP contribution in [0.1, 0.15) is 0 Å². The summed E-state index contributed by atoms with van der Waals surface area (Å²) in [5.41, 5.74) is 3.53. The maximum Gasteiger partial charge on any atom is 0.208 e. The maximum absolute atomic E-state index is 9.61. The molecular weight excluding hydrogens is 314 g/mol. The Morgan fingerprint density at radius 1 is 1.00 bits per heavy atom. The number of nitrogens with zero attached hydrogens (tertiary/aromatic N) is 3. The number of rotatable bonds is 4. The molecule has 25 heavy (non-hydrogen) atoms. The van der Waals surface area contributed by atoms with Crippen LogP contribution in [0.15, 0.2) is 66.9 Å². The molecule has 124 valence electrons. The predicted octanol–water partition coefficient (Wildman–Crippen LogP) is 3.91. The molecule has 0 saturated heterocycles. The normalized spacial score (nSPS) is 10.8. The molecule has 0 amide bonds. The van der Waals surface area contributed by atoms with Crippen LogP contribution in [-0.2, 0) is 0 Å². The van der Waals surface area contributed by atoms with Crippen molar-refractivity contribution in [3.05, 3.63) is 66.9 Å². The van der Waals surface area contributed by atoms with Crippen LogP contribution in [0.2, 0.25) is 0 Å². The Hall–Kier alpha value is -3.54. The molecule has 2 aromatic carbocycles. The highest BCUT2D eigenvalue weighted by Crippen LogP contribution is 2.27. The zero-order chi connectivity index (χ0) is 17.2. The van der Waals surface area contributed by atoms with Gasteiger partial charge < -0.3 is 15.7 Å². The number of anilines is 3. The summed E-state index contributed by atoms with van der Waals surface area (Å²) in [5, 5.41) is 15.9. The van der Waals surface area contributed by atoms with E-state index in [1.54, 1.807) is 24.4 Å². The van der Waals surface area contributed by atoms with Gasteiger partial charge in [0.1, 0.15) is 17.1 Å². The van der Waals surface area contributed by atoms with Gasteiger partial charge in [-0.15, -0.1) is 0 Å². The minimum absolute atomic E-state index is 0.206. The topological polar surface area (TPSA) is 75.0 Å². The van der Waals surface area contributed by atoms with Gasteiger partial charge in [0.05, 0.1) is 11.7 Å². The second kappa shape index (κ2) is 6.16. The predicted molar refractivity (Wildman–Crippen MR) is 99.8 cm³/mol. The molecule has 6 nitrogen and oxygen atoms in total. The molecule has 3 N–H and O–H groups in total. The van der Waals surface area contributed by atoms with Crippen molar-refractivity contribution in [3.63, 3.8) is 0 Å². The molecule has 6 heteroatoms. The number of aromatic nitrogens is 3. The van der Waals surface area contributed by atoms with Gasteiger partial charge in [-0.1, -0.05) is 24.3 Å². The monoisotopic (exact) mass is 331 g/mol. The smallest absolute Gasteiger partial charge is 0.208 e. The summed E-state index contributed by atoms with van der Waals surface area (Å²) in [7, 11) is 1.85. The molecule has 2 aromatic heterocycles. The van der Waals surface area contributed by atoms with E-state index < -0.39 is 0 Å². The van der Waals surface area contributed by atoms with Gasteiger partial charge >= 0.3 is 0 Å². The van der Waals surface area contributed by atoms with Gasteiger partial charge in [0.25, 0.3) is 0 Å². The summed E-state index contributed by atoms with van der Waals surface area (Å²) in [6.45, 7) is 0. The first kappa shape index (κ1) is 15.0. The Kier molecular flexibility index (Phi) is 3.70. The number of para-hydroxylation sites is 1. The van der Waals surface area contributed by atoms with Crippen LogP contribution in [0, 0.1) is 0 Å². The molecular formula is C19H17N5O. The highest BCUT2D eigenvalue weighted by atomic mass is 16.3. The summed E-state index contributed by atoms with van der Waals surface area (Å²) in [6, 6.07) is 18.9. The van der Waals surface area contributed by atoms with Gasteiger partial charge in [-0.2, -0.15) is 0 Å². The van der Waals surface area contributed by atoms with Crippen molar-refractivity contribution in [1.82, 2.24) is 14.5 Å². The van der Waals surface area contributed by atoms with Crippen molar-refractivity contribution in [2.45, 2.75) is 0 Å². The third-order valence-electron chi connectivity index (χ3n) is 3.90. The molecule has 0 radical (unpaired) electrons. The van der Waals surface area contributed by atoms with Crippen LogP contribution in [0.5, 0.6) is 5.75 Å². The quantitative estimate of drug-likeness (QED) is 0.528. The number of phenols is 1. The van der Waals surface area contributed by atoms with Crippen LogP contribution in [-0.4, -0.2) is 26.7 Å². The largest absolute Gasteiger partial charge is 0.508 e. The minimum Gasteiger partial charge on any atom is -0.508 e. The van der Waals surface area contributed by atoms with E-state index in [0.717, 1.165) is 28.4 Å². The van der Waals surface area contributed by atoms with Crippen molar-refractivity contribution in [2.75, 3.05) is 17.7 Å². The van der Waals surface area contributed by atoms with E-state index in [9.17, 15) is 5.11 Å². The van der Waals surface area contributed by atoms with E-state index in [0.29, 0.717) is 5.82 Å². The number of imidazole rings is 1. The summed E-state index contributed by atoms with van der Waals surface area (Å²) in [4.78, 5) is 9.01. The highest BCUT2D eigenvalue weighted by Gasteiger charge is 2.12. The number of hydrogen-bond donors (Lipinski definition) is 3. The van der Waals surface area contributed by atoms with Crippen molar-refractivity contribution in [2.24, 2.45) is 0 Å². The van der Waals surface area contributed by atoms with E-state index in [2.05, 4.69) is 20.6 Å². The number of nitrogens with one attached hydrogen (secondary N) is 2. The van der Waals surface area contributed by atoms with E-state index in [-0.39, 0.29) is 5.75 Å². The molecule has 0 bridgehead atoms. The molecule has 0 spiro atoms. The summed E-state index contributed by atoms with van der Waals surface area (Å²) in [5.74, 6) is 1.63.